The predicted molar refractivity (Wildman–Crippen MR) is 99.5 cm³/mol. The first-order valence-electron chi connectivity index (χ1n) is 8.64. The van der Waals surface area contributed by atoms with E-state index in [9.17, 15) is 19.2 Å². The summed E-state index contributed by atoms with van der Waals surface area (Å²) >= 11 is 0. The SMILES string of the molecule is O=C(O)CNC(=O)CNC(=O)C(Cc1cnc[nH]1)NC(=O)OCc1ccccc1. The highest BCUT2D eigenvalue weighted by molar-refractivity contribution is 5.90. The fourth-order valence-corrected chi connectivity index (χ4v) is 2.26. The molecule has 11 heteroatoms. The fourth-order valence-electron chi connectivity index (χ4n) is 2.26. The lowest BCUT2D eigenvalue weighted by Crippen LogP contribution is -2.50. The minimum absolute atomic E-state index is 0.0304. The van der Waals surface area contributed by atoms with Gasteiger partial charge in [0.05, 0.1) is 12.9 Å². The maximum absolute atomic E-state index is 12.4. The van der Waals surface area contributed by atoms with Crippen molar-refractivity contribution in [2.24, 2.45) is 0 Å². The monoisotopic (exact) mass is 403 g/mol. The molecule has 0 spiro atoms. The van der Waals surface area contributed by atoms with Gasteiger partial charge in [-0.3, -0.25) is 14.4 Å². The molecule has 0 aliphatic heterocycles. The van der Waals surface area contributed by atoms with E-state index >= 15 is 0 Å². The number of imidazole rings is 1. The van der Waals surface area contributed by atoms with Crippen molar-refractivity contribution in [1.29, 1.82) is 0 Å². The first-order valence-corrected chi connectivity index (χ1v) is 8.64. The summed E-state index contributed by atoms with van der Waals surface area (Å²) in [5.74, 6) is -2.51. The molecule has 5 N–H and O–H groups in total. The summed E-state index contributed by atoms with van der Waals surface area (Å²) in [6.07, 6.45) is 2.21. The van der Waals surface area contributed by atoms with Crippen LogP contribution in [-0.2, 0) is 32.1 Å². The van der Waals surface area contributed by atoms with Crippen LogP contribution in [0.25, 0.3) is 0 Å². The molecule has 0 fully saturated rings. The Hall–Kier alpha value is -3.89. The molecule has 0 bridgehead atoms. The van der Waals surface area contributed by atoms with Crippen molar-refractivity contribution >= 4 is 23.9 Å². The largest absolute Gasteiger partial charge is 0.480 e. The van der Waals surface area contributed by atoms with Gasteiger partial charge >= 0.3 is 12.1 Å². The zero-order valence-electron chi connectivity index (χ0n) is 15.4. The first kappa shape index (κ1) is 21.4. The van der Waals surface area contributed by atoms with Gasteiger partial charge < -0.3 is 30.8 Å². The van der Waals surface area contributed by atoms with E-state index in [1.165, 1.54) is 12.5 Å². The second kappa shape index (κ2) is 11.1. The Morgan fingerprint density at radius 1 is 1.10 bits per heavy atom. The van der Waals surface area contributed by atoms with Crippen molar-refractivity contribution in [2.75, 3.05) is 13.1 Å². The van der Waals surface area contributed by atoms with Gasteiger partial charge in [0, 0.05) is 18.3 Å². The normalized spacial score (nSPS) is 11.2. The molecule has 2 aromatic rings. The Morgan fingerprint density at radius 2 is 1.86 bits per heavy atom. The number of amides is 3. The van der Waals surface area contributed by atoms with E-state index in [0.717, 1.165) is 5.56 Å². The molecule has 1 heterocycles. The van der Waals surface area contributed by atoms with Crippen LogP contribution >= 0.6 is 0 Å². The number of carboxylic acids is 1. The van der Waals surface area contributed by atoms with Gasteiger partial charge in [0.15, 0.2) is 0 Å². The van der Waals surface area contributed by atoms with Crippen molar-refractivity contribution in [2.45, 2.75) is 19.1 Å². The molecule has 1 atom stereocenters. The van der Waals surface area contributed by atoms with Gasteiger partial charge in [0.25, 0.3) is 0 Å². The van der Waals surface area contributed by atoms with Gasteiger partial charge in [0.2, 0.25) is 11.8 Å². The molecule has 0 radical (unpaired) electrons. The zero-order chi connectivity index (χ0) is 21.1. The molecule has 1 aromatic carbocycles. The average Bonchev–Trinajstić information content (AvgIpc) is 3.22. The number of alkyl carbamates (subject to hydrolysis) is 1. The van der Waals surface area contributed by atoms with Crippen molar-refractivity contribution in [3.8, 4) is 0 Å². The molecule has 154 valence electrons. The molecule has 0 saturated heterocycles. The van der Waals surface area contributed by atoms with Crippen molar-refractivity contribution in [3.63, 3.8) is 0 Å². The molecule has 0 aliphatic carbocycles. The minimum atomic E-state index is -1.20. The number of hydrogen-bond acceptors (Lipinski definition) is 6. The fraction of sp³-hybridized carbons (Fsp3) is 0.278. The van der Waals surface area contributed by atoms with Gasteiger partial charge in [-0.15, -0.1) is 0 Å². The van der Waals surface area contributed by atoms with E-state index in [2.05, 4.69) is 25.9 Å². The van der Waals surface area contributed by atoms with Crippen LogP contribution < -0.4 is 16.0 Å². The molecule has 3 amide bonds. The van der Waals surface area contributed by atoms with E-state index in [0.29, 0.717) is 5.69 Å². The number of carbonyl (C=O) groups excluding carboxylic acids is 3. The molecule has 0 aliphatic rings. The molecule has 1 unspecified atom stereocenters. The summed E-state index contributed by atoms with van der Waals surface area (Å²) in [5.41, 5.74) is 1.37. The highest BCUT2D eigenvalue weighted by Crippen LogP contribution is 2.03. The number of nitrogens with one attached hydrogen (secondary N) is 4. The lowest BCUT2D eigenvalue weighted by atomic mass is 10.1. The van der Waals surface area contributed by atoms with E-state index in [4.69, 9.17) is 9.84 Å². The second-order valence-electron chi connectivity index (χ2n) is 5.93. The van der Waals surface area contributed by atoms with Gasteiger partial charge in [-0.25, -0.2) is 9.78 Å². The highest BCUT2D eigenvalue weighted by atomic mass is 16.5. The number of ether oxygens (including phenoxy) is 1. The van der Waals surface area contributed by atoms with Crippen LogP contribution in [0, 0.1) is 0 Å². The van der Waals surface area contributed by atoms with Crippen molar-refractivity contribution in [1.82, 2.24) is 25.9 Å². The number of hydrogen-bond donors (Lipinski definition) is 5. The quantitative estimate of drug-likeness (QED) is 0.359. The maximum atomic E-state index is 12.4. The number of carbonyl (C=O) groups is 4. The standard InChI is InChI=1S/C18H21N5O6/c24-15(20-9-16(25)26)8-21-17(27)14(6-13-7-19-11-22-13)23-18(28)29-10-12-4-2-1-3-5-12/h1-5,7,11,14H,6,8-10H2,(H,19,22)(H,20,24)(H,21,27)(H,23,28)(H,25,26). The van der Waals surface area contributed by atoms with Gasteiger partial charge in [-0.2, -0.15) is 0 Å². The third-order valence-corrected chi connectivity index (χ3v) is 3.66. The summed E-state index contributed by atoms with van der Waals surface area (Å²) in [6.45, 7) is -0.967. The van der Waals surface area contributed by atoms with Crippen LogP contribution in [0.15, 0.2) is 42.9 Å². The van der Waals surface area contributed by atoms with E-state index in [1.807, 2.05) is 6.07 Å². The lowest BCUT2D eigenvalue weighted by Gasteiger charge is -2.17. The molecular formula is C18H21N5O6. The summed E-state index contributed by atoms with van der Waals surface area (Å²) < 4.78 is 5.12. The molecular weight excluding hydrogens is 382 g/mol. The van der Waals surface area contributed by atoms with Crippen LogP contribution in [0.4, 0.5) is 4.79 Å². The number of benzene rings is 1. The lowest BCUT2D eigenvalue weighted by molar-refractivity contribution is -0.137. The van der Waals surface area contributed by atoms with E-state index < -0.39 is 43.0 Å². The van der Waals surface area contributed by atoms with E-state index in [1.54, 1.807) is 24.3 Å². The van der Waals surface area contributed by atoms with Crippen molar-refractivity contribution < 1.29 is 29.0 Å². The summed E-state index contributed by atoms with van der Waals surface area (Å²) in [4.78, 5) is 53.2. The Kier molecular flexibility index (Phi) is 8.17. The molecule has 1 aromatic heterocycles. The predicted octanol–water partition coefficient (Wildman–Crippen LogP) is -0.436. The first-order chi connectivity index (χ1) is 13.9. The average molecular weight is 403 g/mol. The molecule has 2 rings (SSSR count). The van der Waals surface area contributed by atoms with Crippen LogP contribution in [-0.4, -0.2) is 58.1 Å². The summed E-state index contributed by atoms with van der Waals surface area (Å²) in [5, 5.41) is 15.5. The molecule has 11 nitrogen and oxygen atoms in total. The summed E-state index contributed by atoms with van der Waals surface area (Å²) in [6, 6.07) is 7.99. The zero-order valence-corrected chi connectivity index (χ0v) is 15.4. The Labute approximate surface area is 165 Å². The number of carboxylic acid groups (broad SMARTS) is 1. The Balaban J connectivity index is 1.89. The molecule has 0 saturated carbocycles. The minimum Gasteiger partial charge on any atom is -0.480 e. The number of aromatic nitrogens is 2. The molecule has 29 heavy (non-hydrogen) atoms. The van der Waals surface area contributed by atoms with Gasteiger partial charge in [0.1, 0.15) is 19.2 Å². The Bertz CT molecular complexity index is 825. The number of aromatic amines is 1. The summed E-state index contributed by atoms with van der Waals surface area (Å²) in [7, 11) is 0. The van der Waals surface area contributed by atoms with Gasteiger partial charge in [-0.05, 0) is 5.56 Å². The van der Waals surface area contributed by atoms with Crippen LogP contribution in [0.2, 0.25) is 0 Å². The van der Waals surface area contributed by atoms with E-state index in [-0.39, 0.29) is 13.0 Å². The third-order valence-electron chi connectivity index (χ3n) is 3.66. The maximum Gasteiger partial charge on any atom is 0.408 e. The van der Waals surface area contributed by atoms with Gasteiger partial charge in [-0.1, -0.05) is 30.3 Å². The smallest absolute Gasteiger partial charge is 0.408 e. The number of nitrogens with zero attached hydrogens (tertiary/aromatic N) is 1. The number of aliphatic carboxylic acids is 1. The number of H-pyrrole nitrogens is 1. The topological polar surface area (TPSA) is 163 Å². The van der Waals surface area contributed by atoms with Crippen LogP contribution in [0.1, 0.15) is 11.3 Å². The van der Waals surface area contributed by atoms with Crippen molar-refractivity contribution in [3.05, 3.63) is 54.1 Å². The second-order valence-corrected chi connectivity index (χ2v) is 5.93. The number of rotatable bonds is 10. The highest BCUT2D eigenvalue weighted by Gasteiger charge is 2.23. The van der Waals surface area contributed by atoms with Crippen LogP contribution in [0.5, 0.6) is 0 Å². The van der Waals surface area contributed by atoms with Crippen LogP contribution in [0.3, 0.4) is 0 Å². The third kappa shape index (κ3) is 8.12. The Morgan fingerprint density at radius 3 is 2.52 bits per heavy atom.